The molecule has 0 heterocycles. The van der Waals surface area contributed by atoms with Crippen LogP contribution < -0.4 is 0 Å². The molecule has 0 aromatic heterocycles. The lowest BCUT2D eigenvalue weighted by atomic mass is 10.0. The predicted octanol–water partition coefficient (Wildman–Crippen LogP) is 5.09. The van der Waals surface area contributed by atoms with Gasteiger partial charge >= 0.3 is 5.97 Å². The van der Waals surface area contributed by atoms with Gasteiger partial charge in [0, 0.05) is 6.61 Å². The van der Waals surface area contributed by atoms with Crippen molar-refractivity contribution in [2.75, 3.05) is 6.61 Å². The summed E-state index contributed by atoms with van der Waals surface area (Å²) in [6, 6.07) is 8.48. The summed E-state index contributed by atoms with van der Waals surface area (Å²) in [5.74, 6) is -0.323. The summed E-state index contributed by atoms with van der Waals surface area (Å²) in [5, 5.41) is 9.40. The third-order valence-electron chi connectivity index (χ3n) is 3.90. The van der Waals surface area contributed by atoms with Gasteiger partial charge in [-0.2, -0.15) is 0 Å². The Labute approximate surface area is 153 Å². The van der Waals surface area contributed by atoms with E-state index in [2.05, 4.69) is 20.0 Å². The van der Waals surface area contributed by atoms with E-state index in [1.54, 1.807) is 12.1 Å². The first-order valence-corrected chi connectivity index (χ1v) is 12.3. The van der Waals surface area contributed by atoms with Crippen molar-refractivity contribution in [3.63, 3.8) is 0 Å². The van der Waals surface area contributed by atoms with Crippen LogP contribution >= 0.6 is 0 Å². The van der Waals surface area contributed by atoms with Gasteiger partial charge in [-0.3, -0.25) is 0 Å². The monoisotopic (exact) mass is 366 g/mol. The molecule has 0 bridgehead atoms. The molecule has 0 fully saturated rings. The fourth-order valence-electron chi connectivity index (χ4n) is 2.63. The second-order valence-corrected chi connectivity index (χ2v) is 12.4. The molecular formula is C20H34O4Si. The number of esters is 1. The van der Waals surface area contributed by atoms with Gasteiger partial charge < -0.3 is 14.3 Å². The van der Waals surface area contributed by atoms with Crippen molar-refractivity contribution in [2.24, 2.45) is 0 Å². The van der Waals surface area contributed by atoms with Crippen molar-refractivity contribution in [2.45, 2.75) is 77.8 Å². The molecule has 1 aromatic carbocycles. The fraction of sp³-hybridized carbons (Fsp3) is 0.650. The van der Waals surface area contributed by atoms with Crippen molar-refractivity contribution in [3.05, 3.63) is 35.4 Å². The highest BCUT2D eigenvalue weighted by Crippen LogP contribution is 2.28. The average Bonchev–Trinajstić information content (AvgIpc) is 2.51. The van der Waals surface area contributed by atoms with Gasteiger partial charge in [0.1, 0.15) is 5.60 Å². The van der Waals surface area contributed by atoms with E-state index < -0.39 is 13.9 Å². The molecule has 0 aliphatic carbocycles. The quantitative estimate of drug-likeness (QED) is 0.489. The minimum atomic E-state index is -1.78. The summed E-state index contributed by atoms with van der Waals surface area (Å²) in [6.07, 6.45) is 2.77. The van der Waals surface area contributed by atoms with Crippen LogP contribution in [0.5, 0.6) is 0 Å². The van der Waals surface area contributed by atoms with E-state index in [0.717, 1.165) is 18.0 Å². The third-order valence-corrected chi connectivity index (χ3v) is 6.38. The smallest absolute Gasteiger partial charge is 0.338 e. The Morgan fingerprint density at radius 1 is 1.20 bits per heavy atom. The van der Waals surface area contributed by atoms with E-state index in [0.29, 0.717) is 12.0 Å². The van der Waals surface area contributed by atoms with E-state index in [1.807, 2.05) is 32.9 Å². The van der Waals surface area contributed by atoms with Crippen molar-refractivity contribution >= 4 is 14.3 Å². The number of hydrogen-bond acceptors (Lipinski definition) is 4. The minimum absolute atomic E-state index is 0.0801. The van der Waals surface area contributed by atoms with Crippen LogP contribution in [0.2, 0.25) is 19.1 Å². The number of rotatable bonds is 9. The second-order valence-electron chi connectivity index (χ2n) is 8.11. The Morgan fingerprint density at radius 2 is 1.80 bits per heavy atom. The minimum Gasteiger partial charge on any atom is -0.456 e. The lowest BCUT2D eigenvalue weighted by Crippen LogP contribution is -2.32. The maximum Gasteiger partial charge on any atom is 0.338 e. The highest BCUT2D eigenvalue weighted by Gasteiger charge is 2.27. The first kappa shape index (κ1) is 21.9. The van der Waals surface area contributed by atoms with Crippen LogP contribution in [0, 0.1) is 0 Å². The van der Waals surface area contributed by atoms with E-state index in [1.165, 1.54) is 6.42 Å². The summed E-state index contributed by atoms with van der Waals surface area (Å²) < 4.78 is 11.8. The largest absolute Gasteiger partial charge is 0.456 e. The summed E-state index contributed by atoms with van der Waals surface area (Å²) >= 11 is 0. The standard InChI is InChI=1S/C20H34O4Si/c1-7-8-15-25(5,6)24-18(13-14-21)16-9-11-17(12-10-16)19(22)23-20(2,3)4/h9-12,18,21H,7-8,13-15H2,1-6H3. The normalized spacial score (nSPS) is 13.6. The van der Waals surface area contributed by atoms with Gasteiger partial charge in [0.25, 0.3) is 0 Å². The van der Waals surface area contributed by atoms with Gasteiger partial charge in [0.2, 0.25) is 0 Å². The van der Waals surface area contributed by atoms with Gasteiger partial charge in [-0.15, -0.1) is 0 Å². The molecule has 0 saturated carbocycles. The molecule has 1 N–H and O–H groups in total. The summed E-state index contributed by atoms with van der Waals surface area (Å²) in [4.78, 5) is 12.1. The van der Waals surface area contributed by atoms with Gasteiger partial charge in [0.05, 0.1) is 11.7 Å². The molecular weight excluding hydrogens is 332 g/mol. The number of carbonyl (C=O) groups excluding carboxylic acids is 1. The molecule has 0 radical (unpaired) electrons. The van der Waals surface area contributed by atoms with E-state index in [-0.39, 0.29) is 18.7 Å². The van der Waals surface area contributed by atoms with E-state index in [9.17, 15) is 9.90 Å². The highest BCUT2D eigenvalue weighted by molar-refractivity contribution is 6.71. The number of hydrogen-bond donors (Lipinski definition) is 1. The molecule has 0 amide bonds. The van der Waals surface area contributed by atoms with Gasteiger partial charge in [-0.05, 0) is 64.0 Å². The number of ether oxygens (including phenoxy) is 1. The molecule has 0 aliphatic heterocycles. The van der Waals surface area contributed by atoms with Crippen molar-refractivity contribution in [1.82, 2.24) is 0 Å². The molecule has 142 valence electrons. The van der Waals surface area contributed by atoms with Crippen molar-refractivity contribution in [3.8, 4) is 0 Å². The average molecular weight is 367 g/mol. The Morgan fingerprint density at radius 3 is 2.28 bits per heavy atom. The fourth-order valence-corrected chi connectivity index (χ4v) is 4.98. The zero-order valence-corrected chi connectivity index (χ0v) is 17.6. The molecule has 1 atom stereocenters. The van der Waals surface area contributed by atoms with E-state index >= 15 is 0 Å². The van der Waals surface area contributed by atoms with Gasteiger partial charge in [-0.1, -0.05) is 31.9 Å². The van der Waals surface area contributed by atoms with Crippen LogP contribution in [-0.2, 0) is 9.16 Å². The number of carbonyl (C=O) groups is 1. The maximum absolute atomic E-state index is 12.1. The summed E-state index contributed by atoms with van der Waals surface area (Å²) in [5.41, 5.74) is 1.02. The lowest BCUT2D eigenvalue weighted by molar-refractivity contribution is 0.00693. The number of aliphatic hydroxyl groups excluding tert-OH is 1. The Kier molecular flexibility index (Phi) is 8.31. The number of benzene rings is 1. The zero-order valence-electron chi connectivity index (χ0n) is 16.6. The maximum atomic E-state index is 12.1. The van der Waals surface area contributed by atoms with Gasteiger partial charge in [0.15, 0.2) is 8.32 Å². The highest BCUT2D eigenvalue weighted by atomic mass is 28.4. The molecule has 1 rings (SSSR count). The molecule has 0 spiro atoms. The molecule has 0 aliphatic rings. The first-order chi connectivity index (χ1) is 11.6. The van der Waals surface area contributed by atoms with Crippen LogP contribution in [0.1, 0.15) is 69.0 Å². The predicted molar refractivity (Wildman–Crippen MR) is 104 cm³/mol. The van der Waals surface area contributed by atoms with E-state index in [4.69, 9.17) is 9.16 Å². The summed E-state index contributed by atoms with van der Waals surface area (Å²) in [6.45, 7) is 12.3. The lowest BCUT2D eigenvalue weighted by Gasteiger charge is -2.29. The molecule has 1 aromatic rings. The van der Waals surface area contributed by atoms with Crippen LogP contribution in [0.15, 0.2) is 24.3 Å². The Bertz CT molecular complexity index is 532. The van der Waals surface area contributed by atoms with Crippen LogP contribution in [0.3, 0.4) is 0 Å². The molecule has 25 heavy (non-hydrogen) atoms. The van der Waals surface area contributed by atoms with Crippen molar-refractivity contribution in [1.29, 1.82) is 0 Å². The Hall–Kier alpha value is -1.17. The Balaban J connectivity index is 2.86. The molecule has 0 saturated heterocycles. The second kappa shape index (κ2) is 9.50. The molecule has 1 unspecified atom stereocenters. The number of aliphatic hydroxyl groups is 1. The molecule has 4 nitrogen and oxygen atoms in total. The van der Waals surface area contributed by atoms with Crippen LogP contribution in [-0.4, -0.2) is 31.6 Å². The van der Waals surface area contributed by atoms with Crippen LogP contribution in [0.4, 0.5) is 0 Å². The molecule has 5 heteroatoms. The number of unbranched alkanes of at least 4 members (excludes halogenated alkanes) is 1. The van der Waals surface area contributed by atoms with Gasteiger partial charge in [-0.25, -0.2) is 4.79 Å². The zero-order chi connectivity index (χ0) is 19.1. The summed E-state index contributed by atoms with van der Waals surface area (Å²) in [7, 11) is -1.78. The first-order valence-electron chi connectivity index (χ1n) is 9.20. The van der Waals surface area contributed by atoms with Crippen LogP contribution in [0.25, 0.3) is 0 Å². The topological polar surface area (TPSA) is 55.8 Å². The van der Waals surface area contributed by atoms with Crippen molar-refractivity contribution < 1.29 is 19.1 Å². The SMILES string of the molecule is CCCC[Si](C)(C)OC(CCO)c1ccc(C(=O)OC(C)(C)C)cc1. The third kappa shape index (κ3) is 8.16.